The molecule has 186 valence electrons. The Morgan fingerprint density at radius 3 is 2.50 bits per heavy atom. The van der Waals surface area contributed by atoms with E-state index in [4.69, 9.17) is 16.3 Å². The number of rotatable bonds is 7. The van der Waals surface area contributed by atoms with E-state index in [0.29, 0.717) is 48.4 Å². The summed E-state index contributed by atoms with van der Waals surface area (Å²) in [5.74, 6) is -0.243. The van der Waals surface area contributed by atoms with Gasteiger partial charge in [0, 0.05) is 46.6 Å². The summed E-state index contributed by atoms with van der Waals surface area (Å²) in [6.45, 7) is 2.14. The Labute approximate surface area is 214 Å². The zero-order valence-corrected chi connectivity index (χ0v) is 20.9. The molecule has 0 unspecified atom stereocenters. The van der Waals surface area contributed by atoms with Crippen LogP contribution in [0, 0.1) is 0 Å². The number of aromatic amines is 1. The highest BCUT2D eigenvalue weighted by molar-refractivity contribution is 7.92. The molecule has 0 radical (unpaired) electrons. The number of fused-ring (bicyclic) bond motifs is 1. The molecule has 3 N–H and O–H groups in total. The van der Waals surface area contributed by atoms with Gasteiger partial charge in [0.05, 0.1) is 25.3 Å². The van der Waals surface area contributed by atoms with E-state index in [2.05, 4.69) is 15.0 Å². The van der Waals surface area contributed by atoms with Gasteiger partial charge in [0.25, 0.3) is 10.0 Å². The second kappa shape index (κ2) is 10.2. The number of aromatic nitrogens is 1. The number of anilines is 3. The molecule has 5 rings (SSSR count). The van der Waals surface area contributed by atoms with Gasteiger partial charge < -0.3 is 19.9 Å². The van der Waals surface area contributed by atoms with Gasteiger partial charge in [0.2, 0.25) is 5.91 Å². The first-order valence-corrected chi connectivity index (χ1v) is 13.4. The van der Waals surface area contributed by atoms with E-state index in [9.17, 15) is 13.2 Å². The lowest BCUT2D eigenvalue weighted by Gasteiger charge is -2.30. The number of hydrogen-bond donors (Lipinski definition) is 3. The quantitative estimate of drug-likeness (QED) is 0.327. The molecule has 1 fully saturated rings. The maximum Gasteiger partial charge on any atom is 0.264 e. The van der Waals surface area contributed by atoms with Gasteiger partial charge in [-0.15, -0.1) is 0 Å². The molecule has 1 aliphatic heterocycles. The van der Waals surface area contributed by atoms with Crippen molar-refractivity contribution in [1.82, 2.24) is 4.98 Å². The molecule has 10 heteroatoms. The Hall–Kier alpha value is -3.53. The summed E-state index contributed by atoms with van der Waals surface area (Å²) >= 11 is 5.94. The van der Waals surface area contributed by atoms with Crippen LogP contribution in [0.15, 0.2) is 77.8 Å². The second-order valence-electron chi connectivity index (χ2n) is 8.48. The minimum Gasteiger partial charge on any atom is -0.378 e. The summed E-state index contributed by atoms with van der Waals surface area (Å²) in [7, 11) is -3.98. The zero-order chi connectivity index (χ0) is 25.1. The van der Waals surface area contributed by atoms with E-state index in [-0.39, 0.29) is 17.2 Å². The van der Waals surface area contributed by atoms with Crippen LogP contribution in [0.4, 0.5) is 17.1 Å². The predicted molar refractivity (Wildman–Crippen MR) is 142 cm³/mol. The van der Waals surface area contributed by atoms with Crippen LogP contribution >= 0.6 is 11.6 Å². The van der Waals surface area contributed by atoms with E-state index in [1.807, 2.05) is 35.4 Å². The van der Waals surface area contributed by atoms with Crippen molar-refractivity contribution in [2.45, 2.75) is 11.3 Å². The van der Waals surface area contributed by atoms with Crippen molar-refractivity contribution in [2.75, 3.05) is 41.2 Å². The largest absolute Gasteiger partial charge is 0.378 e. The third-order valence-corrected chi connectivity index (χ3v) is 7.67. The molecule has 0 bridgehead atoms. The molecule has 0 saturated carbocycles. The molecule has 1 aromatic heterocycles. The van der Waals surface area contributed by atoms with Crippen LogP contribution in [-0.2, 0) is 26.0 Å². The van der Waals surface area contributed by atoms with E-state index in [0.717, 1.165) is 16.5 Å². The summed E-state index contributed by atoms with van der Waals surface area (Å²) in [5, 5.41) is 4.34. The number of benzene rings is 3. The fourth-order valence-electron chi connectivity index (χ4n) is 4.26. The molecule has 3 aromatic carbocycles. The van der Waals surface area contributed by atoms with Gasteiger partial charge in [-0.3, -0.25) is 9.52 Å². The number of carbonyl (C=O) groups excluding carboxylic acids is 1. The number of hydrogen-bond acceptors (Lipinski definition) is 5. The molecular formula is C26H25ClN4O4S. The van der Waals surface area contributed by atoms with Gasteiger partial charge in [-0.25, -0.2) is 8.42 Å². The van der Waals surface area contributed by atoms with E-state index >= 15 is 0 Å². The third-order valence-electron chi connectivity index (χ3n) is 6.01. The molecule has 0 spiro atoms. The van der Waals surface area contributed by atoms with Crippen LogP contribution in [-0.4, -0.2) is 45.6 Å². The number of nitrogens with zero attached hydrogens (tertiary/aromatic N) is 1. The van der Waals surface area contributed by atoms with Crippen LogP contribution in [0.3, 0.4) is 0 Å². The number of nitrogens with one attached hydrogen (secondary N) is 3. The number of halogens is 1. The van der Waals surface area contributed by atoms with Crippen molar-refractivity contribution in [3.05, 3.63) is 83.5 Å². The van der Waals surface area contributed by atoms with Crippen LogP contribution < -0.4 is 14.9 Å². The van der Waals surface area contributed by atoms with E-state index in [1.165, 1.54) is 6.07 Å². The maximum absolute atomic E-state index is 13.5. The first-order valence-electron chi connectivity index (χ1n) is 11.5. The Balaban J connectivity index is 1.42. The highest BCUT2D eigenvalue weighted by atomic mass is 35.5. The van der Waals surface area contributed by atoms with Crippen LogP contribution in [0.1, 0.15) is 5.56 Å². The number of ether oxygens (including phenoxy) is 1. The highest BCUT2D eigenvalue weighted by Gasteiger charge is 2.25. The molecule has 36 heavy (non-hydrogen) atoms. The molecule has 2 heterocycles. The van der Waals surface area contributed by atoms with Gasteiger partial charge >= 0.3 is 0 Å². The molecule has 1 aliphatic rings. The molecular weight excluding hydrogens is 500 g/mol. The number of morpholine rings is 1. The Kier molecular flexibility index (Phi) is 6.86. The van der Waals surface area contributed by atoms with Crippen molar-refractivity contribution >= 4 is 55.5 Å². The summed E-state index contributed by atoms with van der Waals surface area (Å²) in [6, 6.07) is 19.1. The molecule has 1 amide bonds. The van der Waals surface area contributed by atoms with Gasteiger partial charge in [-0.1, -0.05) is 29.8 Å². The molecule has 0 atom stereocenters. The topological polar surface area (TPSA) is 104 Å². The average Bonchev–Trinajstić information content (AvgIpc) is 3.28. The van der Waals surface area contributed by atoms with Crippen molar-refractivity contribution < 1.29 is 17.9 Å². The monoisotopic (exact) mass is 524 g/mol. The summed E-state index contributed by atoms with van der Waals surface area (Å²) in [6.07, 6.45) is 1.97. The molecule has 0 aliphatic carbocycles. The summed E-state index contributed by atoms with van der Waals surface area (Å²) < 4.78 is 35.0. The lowest BCUT2D eigenvalue weighted by molar-refractivity contribution is -0.115. The van der Waals surface area contributed by atoms with Crippen molar-refractivity contribution in [3.63, 3.8) is 0 Å². The molecule has 8 nitrogen and oxygen atoms in total. The summed E-state index contributed by atoms with van der Waals surface area (Å²) in [5.41, 5.74) is 3.16. The first kappa shape index (κ1) is 24.2. The Morgan fingerprint density at radius 1 is 1.00 bits per heavy atom. The fraction of sp³-hybridized carbons (Fsp3) is 0.192. The SMILES string of the molecule is O=C(Cc1c[nH]c2ccccc12)Nc1ccc(N2CCOCC2)c(S(=O)(=O)Nc2ccc(Cl)cc2)c1. The lowest BCUT2D eigenvalue weighted by Crippen LogP contribution is -2.37. The minimum absolute atomic E-state index is 0.0734. The third kappa shape index (κ3) is 5.33. The van der Waals surface area contributed by atoms with E-state index < -0.39 is 10.0 Å². The number of H-pyrrole nitrogens is 1. The van der Waals surface area contributed by atoms with Gasteiger partial charge in [-0.2, -0.15) is 0 Å². The van der Waals surface area contributed by atoms with Crippen LogP contribution in [0.25, 0.3) is 10.9 Å². The number of sulfonamides is 1. The van der Waals surface area contributed by atoms with Crippen molar-refractivity contribution in [2.24, 2.45) is 0 Å². The molecule has 1 saturated heterocycles. The number of amides is 1. The number of carbonyl (C=O) groups is 1. The molecule has 4 aromatic rings. The van der Waals surface area contributed by atoms with Gasteiger partial charge in [0.15, 0.2) is 0 Å². The first-order chi connectivity index (χ1) is 17.4. The average molecular weight is 525 g/mol. The maximum atomic E-state index is 13.5. The Bertz CT molecular complexity index is 1500. The van der Waals surface area contributed by atoms with Crippen molar-refractivity contribution in [3.8, 4) is 0 Å². The fourth-order valence-corrected chi connectivity index (χ4v) is 5.69. The highest BCUT2D eigenvalue weighted by Crippen LogP contribution is 2.31. The van der Waals surface area contributed by atoms with Gasteiger partial charge in [0.1, 0.15) is 4.90 Å². The second-order valence-corrected chi connectivity index (χ2v) is 10.6. The lowest BCUT2D eigenvalue weighted by atomic mass is 10.1. The van der Waals surface area contributed by atoms with Crippen molar-refractivity contribution in [1.29, 1.82) is 0 Å². The number of para-hydroxylation sites is 1. The van der Waals surface area contributed by atoms with Crippen LogP contribution in [0.2, 0.25) is 5.02 Å². The summed E-state index contributed by atoms with van der Waals surface area (Å²) in [4.78, 5) is 18.1. The Morgan fingerprint density at radius 2 is 1.72 bits per heavy atom. The standard InChI is InChI=1S/C26H25ClN4O4S/c27-19-5-7-20(8-6-19)30-36(33,34)25-16-21(9-10-24(25)31-11-13-35-14-12-31)29-26(32)15-18-17-28-23-4-2-1-3-22(18)23/h1-10,16-17,28,30H,11-15H2,(H,29,32). The van der Waals surface area contributed by atoms with Crippen LogP contribution in [0.5, 0.6) is 0 Å². The zero-order valence-electron chi connectivity index (χ0n) is 19.3. The normalized spacial score (nSPS) is 14.1. The smallest absolute Gasteiger partial charge is 0.264 e. The van der Waals surface area contributed by atoms with Gasteiger partial charge in [-0.05, 0) is 54.1 Å². The van der Waals surface area contributed by atoms with E-state index in [1.54, 1.807) is 36.4 Å². The predicted octanol–water partition coefficient (Wildman–Crippen LogP) is 4.64. The minimum atomic E-state index is -3.98.